The minimum atomic E-state index is -1.04. The van der Waals surface area contributed by atoms with Crippen LogP contribution in [0.1, 0.15) is 72.9 Å². The van der Waals surface area contributed by atoms with Crippen LogP contribution in [0, 0.1) is 18.3 Å². The van der Waals surface area contributed by atoms with Gasteiger partial charge in [-0.3, -0.25) is 10.2 Å². The van der Waals surface area contributed by atoms with E-state index in [-0.39, 0.29) is 6.10 Å². The predicted molar refractivity (Wildman–Crippen MR) is 173 cm³/mol. The molecule has 3 rings (SSSR count). The van der Waals surface area contributed by atoms with Crippen LogP contribution in [0.3, 0.4) is 0 Å². The zero-order valence-electron chi connectivity index (χ0n) is 25.4. The highest BCUT2D eigenvalue weighted by Crippen LogP contribution is 2.30. The van der Waals surface area contributed by atoms with Crippen molar-refractivity contribution in [1.29, 1.82) is 5.41 Å². The van der Waals surface area contributed by atoms with Crippen molar-refractivity contribution in [2.45, 2.75) is 77.0 Å². The molecule has 2 aromatic rings. The Hall–Kier alpha value is -3.17. The number of benzene rings is 2. The summed E-state index contributed by atoms with van der Waals surface area (Å²) in [6.07, 6.45) is 11.4. The van der Waals surface area contributed by atoms with Gasteiger partial charge in [-0.25, -0.2) is 9.79 Å². The summed E-state index contributed by atoms with van der Waals surface area (Å²) < 4.78 is 6.50. The molecule has 228 valence electrons. The van der Waals surface area contributed by atoms with Crippen molar-refractivity contribution in [3.05, 3.63) is 59.2 Å². The summed E-state index contributed by atoms with van der Waals surface area (Å²) in [6.45, 7) is 2.31. The molecule has 1 amide bonds. The summed E-state index contributed by atoms with van der Waals surface area (Å²) in [5.74, 6) is 0.608. The van der Waals surface area contributed by atoms with Crippen LogP contribution in [0.5, 0.6) is 0 Å². The Morgan fingerprint density at radius 1 is 1.14 bits per heavy atom. The molecule has 0 radical (unpaired) electrons. The molecule has 42 heavy (non-hydrogen) atoms. The summed E-state index contributed by atoms with van der Waals surface area (Å²) in [5.41, 5.74) is 3.99. The first kappa shape index (κ1) is 33.3. The highest BCUT2D eigenvalue weighted by Gasteiger charge is 2.25. The quantitative estimate of drug-likeness (QED) is 0.162. The lowest BCUT2D eigenvalue weighted by molar-refractivity contribution is -0.139. The lowest BCUT2D eigenvalue weighted by Gasteiger charge is -2.28. The van der Waals surface area contributed by atoms with E-state index in [1.165, 1.54) is 32.1 Å². The smallest absolute Gasteiger partial charge is 0.326 e. The number of carboxylic acids is 1. The second-order valence-corrected chi connectivity index (χ2v) is 12.2. The van der Waals surface area contributed by atoms with Crippen molar-refractivity contribution in [2.24, 2.45) is 10.9 Å². The van der Waals surface area contributed by atoms with Crippen LogP contribution in [-0.4, -0.2) is 72.3 Å². The van der Waals surface area contributed by atoms with E-state index in [9.17, 15) is 14.7 Å². The van der Waals surface area contributed by atoms with E-state index in [2.05, 4.69) is 10.3 Å². The maximum absolute atomic E-state index is 13.4. The van der Waals surface area contributed by atoms with Gasteiger partial charge in [0, 0.05) is 19.7 Å². The average molecular weight is 595 g/mol. The summed E-state index contributed by atoms with van der Waals surface area (Å²) in [7, 11) is 3.85. The average Bonchev–Trinajstić information content (AvgIpc) is 2.98. The van der Waals surface area contributed by atoms with Crippen molar-refractivity contribution in [1.82, 2.24) is 10.2 Å². The van der Waals surface area contributed by atoms with Gasteiger partial charge in [0.25, 0.3) is 5.91 Å². The third-order valence-corrected chi connectivity index (χ3v) is 8.58. The molecule has 2 aromatic carbocycles. The first-order valence-electron chi connectivity index (χ1n) is 14.8. The van der Waals surface area contributed by atoms with Crippen LogP contribution in [0.2, 0.25) is 0 Å². The number of hydrogen-bond acceptors (Lipinski definition) is 5. The molecule has 0 heterocycles. The molecular formula is C33H46N4O4S. The number of aryl methyl sites for hydroxylation is 1. The van der Waals surface area contributed by atoms with Gasteiger partial charge in [0.05, 0.1) is 6.61 Å². The Kier molecular flexibility index (Phi) is 13.5. The van der Waals surface area contributed by atoms with Crippen LogP contribution in [-0.2, 0) is 16.1 Å². The molecule has 1 saturated carbocycles. The van der Waals surface area contributed by atoms with Gasteiger partial charge in [-0.15, -0.1) is 0 Å². The molecule has 1 fully saturated rings. The summed E-state index contributed by atoms with van der Waals surface area (Å²) in [6, 6.07) is 12.5. The van der Waals surface area contributed by atoms with E-state index in [1.54, 1.807) is 17.8 Å². The lowest BCUT2D eigenvalue weighted by atomic mass is 9.85. The fourth-order valence-electron chi connectivity index (χ4n) is 5.61. The summed E-state index contributed by atoms with van der Waals surface area (Å²) in [4.78, 5) is 31.5. The van der Waals surface area contributed by atoms with Gasteiger partial charge in [-0.05, 0) is 78.5 Å². The number of aliphatic carboxylic acids is 1. The number of rotatable bonds is 15. The lowest BCUT2D eigenvalue weighted by Crippen LogP contribution is -2.41. The van der Waals surface area contributed by atoms with Crippen LogP contribution in [0.15, 0.2) is 47.5 Å². The topological polar surface area (TPSA) is 115 Å². The van der Waals surface area contributed by atoms with Gasteiger partial charge in [0.2, 0.25) is 0 Å². The molecule has 0 spiro atoms. The number of nitrogens with one attached hydrogen (secondary N) is 2. The Bertz CT molecular complexity index is 1230. The van der Waals surface area contributed by atoms with Crippen molar-refractivity contribution < 1.29 is 19.4 Å². The number of likely N-dealkylation sites (N-methyl/N-ethyl adjacent to an activating group) is 1. The number of aliphatic imine (C=N–C) groups is 1. The van der Waals surface area contributed by atoms with Gasteiger partial charge in [-0.1, -0.05) is 62.4 Å². The van der Waals surface area contributed by atoms with Crippen LogP contribution >= 0.6 is 11.8 Å². The largest absolute Gasteiger partial charge is 0.480 e. The van der Waals surface area contributed by atoms with Crippen LogP contribution in [0.25, 0.3) is 11.1 Å². The maximum Gasteiger partial charge on any atom is 0.326 e. The molecule has 2 atom stereocenters. The molecule has 1 aliphatic rings. The number of carbonyl (C=O) groups excluding carboxylic acids is 1. The van der Waals surface area contributed by atoms with Gasteiger partial charge >= 0.3 is 5.97 Å². The summed E-state index contributed by atoms with van der Waals surface area (Å²) >= 11 is 1.55. The monoisotopic (exact) mass is 594 g/mol. The molecule has 0 aromatic heterocycles. The molecular weight excluding hydrogens is 548 g/mol. The highest BCUT2D eigenvalue weighted by atomic mass is 32.2. The van der Waals surface area contributed by atoms with Gasteiger partial charge in [-0.2, -0.15) is 11.8 Å². The molecule has 0 saturated heterocycles. The van der Waals surface area contributed by atoms with E-state index in [0.29, 0.717) is 30.3 Å². The zero-order chi connectivity index (χ0) is 30.5. The Morgan fingerprint density at radius 3 is 2.52 bits per heavy atom. The standard InChI is InChI=1S/C33H46N4O4S/c1-23-10-8-9-13-26(23)28-20-25(14-16-27(28)32(38)36-29(33(39)40)18-19-42-4)21-41-30(31(35-22-34)37(2)3)17-15-24-11-6-5-7-12-24/h8-10,13-14,16,20,22,24,29-30,34H,5-7,11-12,15,17-19,21H2,1-4H3,(H,36,38)(H,39,40)/t29-,30?/m0/s1. The highest BCUT2D eigenvalue weighted by molar-refractivity contribution is 7.98. The molecule has 0 bridgehead atoms. The van der Waals surface area contributed by atoms with E-state index in [4.69, 9.17) is 10.1 Å². The fraction of sp³-hybridized carbons (Fsp3) is 0.515. The molecule has 1 aliphatic carbocycles. The second-order valence-electron chi connectivity index (χ2n) is 11.2. The maximum atomic E-state index is 13.4. The molecule has 0 aliphatic heterocycles. The van der Waals surface area contributed by atoms with Crippen molar-refractivity contribution in [3.8, 4) is 11.1 Å². The third kappa shape index (κ3) is 9.70. The third-order valence-electron chi connectivity index (χ3n) is 7.93. The van der Waals surface area contributed by atoms with Gasteiger partial charge in [0.1, 0.15) is 24.3 Å². The Morgan fingerprint density at radius 2 is 1.88 bits per heavy atom. The van der Waals surface area contributed by atoms with Crippen molar-refractivity contribution in [2.75, 3.05) is 26.1 Å². The SMILES string of the molecule is CSCC[C@H](NC(=O)c1ccc(COC(CCC2CCCCC2)C(=NC=N)N(C)C)cc1-c1ccccc1C)C(=O)O. The number of hydrogen-bond donors (Lipinski definition) is 3. The second kappa shape index (κ2) is 17.1. The molecule has 1 unspecified atom stereocenters. The number of nitrogens with zero attached hydrogens (tertiary/aromatic N) is 2. The number of carbonyl (C=O) groups is 2. The Balaban J connectivity index is 1.88. The van der Waals surface area contributed by atoms with Gasteiger partial charge in [0.15, 0.2) is 0 Å². The first-order chi connectivity index (χ1) is 20.2. The fourth-order valence-corrected chi connectivity index (χ4v) is 6.08. The van der Waals surface area contributed by atoms with E-state index < -0.39 is 17.9 Å². The number of ether oxygens (including phenoxy) is 1. The summed E-state index contributed by atoms with van der Waals surface area (Å²) in [5, 5.41) is 20.0. The van der Waals surface area contributed by atoms with E-state index in [0.717, 1.165) is 47.3 Å². The minimum Gasteiger partial charge on any atom is -0.480 e. The van der Waals surface area contributed by atoms with Gasteiger partial charge < -0.3 is 20.1 Å². The first-order valence-corrected chi connectivity index (χ1v) is 16.2. The number of amides is 1. The molecule has 8 nitrogen and oxygen atoms in total. The van der Waals surface area contributed by atoms with Crippen LogP contribution < -0.4 is 5.32 Å². The Labute approximate surface area is 254 Å². The van der Waals surface area contributed by atoms with Crippen molar-refractivity contribution >= 4 is 35.8 Å². The number of thioether (sulfide) groups is 1. The zero-order valence-corrected chi connectivity index (χ0v) is 26.2. The number of amidine groups is 1. The molecule has 3 N–H and O–H groups in total. The van der Waals surface area contributed by atoms with E-state index >= 15 is 0 Å². The van der Waals surface area contributed by atoms with Crippen LogP contribution in [0.4, 0.5) is 0 Å². The van der Waals surface area contributed by atoms with Crippen molar-refractivity contribution in [3.63, 3.8) is 0 Å². The molecule has 9 heteroatoms. The number of carboxylic acid groups (broad SMARTS) is 1. The normalized spacial score (nSPS) is 15.6. The van der Waals surface area contributed by atoms with E-state index in [1.807, 2.05) is 68.6 Å². The minimum absolute atomic E-state index is 0.263. The predicted octanol–water partition coefficient (Wildman–Crippen LogP) is 6.41.